The van der Waals surface area contributed by atoms with Gasteiger partial charge in [-0.05, 0) is 26.3 Å². The summed E-state index contributed by atoms with van der Waals surface area (Å²) in [5.74, 6) is -0.233. The number of nitrogens with one attached hydrogen (secondary N) is 1. The summed E-state index contributed by atoms with van der Waals surface area (Å²) in [7, 11) is 0. The normalized spacial score (nSPS) is 12.2. The lowest BCUT2D eigenvalue weighted by atomic mass is 10.2. The Labute approximate surface area is 127 Å². The van der Waals surface area contributed by atoms with Crippen LogP contribution in [0.2, 0.25) is 5.02 Å². The number of rotatable bonds is 4. The van der Waals surface area contributed by atoms with Crippen LogP contribution < -0.4 is 5.32 Å². The van der Waals surface area contributed by atoms with Gasteiger partial charge in [-0.25, -0.2) is 4.98 Å². The van der Waals surface area contributed by atoms with Crippen molar-refractivity contribution in [2.24, 2.45) is 0 Å². The molecular formula is C14H16ClN3OS. The Morgan fingerprint density at radius 3 is 2.80 bits per heavy atom. The molecule has 20 heavy (non-hydrogen) atoms. The Morgan fingerprint density at radius 1 is 1.45 bits per heavy atom. The molecule has 1 amide bonds. The molecule has 0 radical (unpaired) electrons. The first-order valence-corrected chi connectivity index (χ1v) is 7.58. The van der Waals surface area contributed by atoms with Crippen molar-refractivity contribution in [3.05, 3.63) is 44.6 Å². The van der Waals surface area contributed by atoms with Crippen molar-refractivity contribution in [2.45, 2.75) is 33.2 Å². The maximum atomic E-state index is 12.2. The summed E-state index contributed by atoms with van der Waals surface area (Å²) in [5.41, 5.74) is 1.17. The molecule has 0 saturated carbocycles. The molecule has 2 aromatic rings. The molecule has 0 bridgehead atoms. The molecule has 0 aliphatic heterocycles. The molecule has 0 aromatic carbocycles. The van der Waals surface area contributed by atoms with Crippen molar-refractivity contribution in [1.29, 1.82) is 0 Å². The van der Waals surface area contributed by atoms with Crippen LogP contribution in [0.1, 0.15) is 45.8 Å². The molecular weight excluding hydrogens is 294 g/mol. The fraction of sp³-hybridized carbons (Fsp3) is 0.357. The average molecular weight is 310 g/mol. The molecule has 0 aliphatic carbocycles. The first kappa shape index (κ1) is 14.9. The number of carbonyl (C=O) groups is 1. The summed E-state index contributed by atoms with van der Waals surface area (Å²) in [6.45, 7) is 5.82. The molecule has 6 heteroatoms. The minimum absolute atomic E-state index is 0.148. The number of carbonyl (C=O) groups excluding carboxylic acids is 1. The lowest BCUT2D eigenvalue weighted by Gasteiger charge is -2.12. The second kappa shape index (κ2) is 6.33. The van der Waals surface area contributed by atoms with Crippen LogP contribution in [-0.2, 0) is 6.42 Å². The number of aryl methyl sites for hydroxylation is 2. The van der Waals surface area contributed by atoms with E-state index in [1.165, 1.54) is 11.1 Å². The molecule has 4 nitrogen and oxygen atoms in total. The van der Waals surface area contributed by atoms with Crippen LogP contribution in [0.5, 0.6) is 0 Å². The van der Waals surface area contributed by atoms with Gasteiger partial charge in [-0.3, -0.25) is 9.78 Å². The molecule has 0 fully saturated rings. The molecule has 0 spiro atoms. The van der Waals surface area contributed by atoms with Gasteiger partial charge in [0.1, 0.15) is 5.01 Å². The Balaban J connectivity index is 2.10. The van der Waals surface area contributed by atoms with Gasteiger partial charge in [-0.2, -0.15) is 0 Å². The number of amides is 1. The molecule has 0 saturated heterocycles. The van der Waals surface area contributed by atoms with Crippen LogP contribution in [0.4, 0.5) is 0 Å². The van der Waals surface area contributed by atoms with E-state index in [0.717, 1.165) is 17.1 Å². The van der Waals surface area contributed by atoms with Crippen molar-refractivity contribution in [2.75, 3.05) is 0 Å². The number of hydrogen-bond donors (Lipinski definition) is 1. The SMILES string of the molecule is CCc1cnc(C(C)NC(=O)c2cnc(C)cc2Cl)s1. The second-order valence-electron chi connectivity index (χ2n) is 4.52. The summed E-state index contributed by atoms with van der Waals surface area (Å²) >= 11 is 7.68. The average Bonchev–Trinajstić information content (AvgIpc) is 2.87. The molecule has 1 atom stereocenters. The maximum Gasteiger partial charge on any atom is 0.254 e. The lowest BCUT2D eigenvalue weighted by molar-refractivity contribution is 0.0939. The fourth-order valence-electron chi connectivity index (χ4n) is 1.72. The van der Waals surface area contributed by atoms with Crippen molar-refractivity contribution in [3.63, 3.8) is 0 Å². The van der Waals surface area contributed by atoms with Gasteiger partial charge in [-0.1, -0.05) is 18.5 Å². The van der Waals surface area contributed by atoms with E-state index in [1.807, 2.05) is 20.0 Å². The fourth-order valence-corrected chi connectivity index (χ4v) is 2.87. The second-order valence-corrected chi connectivity index (χ2v) is 6.07. The highest BCUT2D eigenvalue weighted by Gasteiger charge is 2.16. The molecule has 2 heterocycles. The maximum absolute atomic E-state index is 12.2. The van der Waals surface area contributed by atoms with Crippen molar-refractivity contribution < 1.29 is 4.79 Å². The van der Waals surface area contributed by atoms with Crippen molar-refractivity contribution in [3.8, 4) is 0 Å². The van der Waals surface area contributed by atoms with Gasteiger partial charge in [0, 0.05) is 23.0 Å². The van der Waals surface area contributed by atoms with Crippen molar-refractivity contribution >= 4 is 28.8 Å². The summed E-state index contributed by atoms with van der Waals surface area (Å²) in [6.07, 6.45) is 4.30. The third kappa shape index (κ3) is 3.35. The third-order valence-corrected chi connectivity index (χ3v) is 4.51. The van der Waals surface area contributed by atoms with E-state index in [0.29, 0.717) is 10.6 Å². The highest BCUT2D eigenvalue weighted by Crippen LogP contribution is 2.22. The number of halogens is 1. The topological polar surface area (TPSA) is 54.9 Å². The molecule has 2 aromatic heterocycles. The standard InChI is InChI=1S/C14H16ClN3OS/c1-4-10-6-17-14(20-10)9(3)18-13(19)11-7-16-8(2)5-12(11)15/h5-7,9H,4H2,1-3H3,(H,18,19). The number of hydrogen-bond acceptors (Lipinski definition) is 4. The van der Waals surface area contributed by atoms with E-state index >= 15 is 0 Å². The Hall–Kier alpha value is -1.46. The zero-order valence-corrected chi connectivity index (χ0v) is 13.2. The van der Waals surface area contributed by atoms with E-state index in [4.69, 9.17) is 11.6 Å². The van der Waals surface area contributed by atoms with Crippen LogP contribution in [0.3, 0.4) is 0 Å². The molecule has 0 aliphatic rings. The summed E-state index contributed by atoms with van der Waals surface area (Å²) < 4.78 is 0. The smallest absolute Gasteiger partial charge is 0.254 e. The van der Waals surface area contributed by atoms with E-state index in [1.54, 1.807) is 17.4 Å². The Kier molecular flexibility index (Phi) is 4.73. The van der Waals surface area contributed by atoms with Gasteiger partial charge in [-0.15, -0.1) is 11.3 Å². The summed E-state index contributed by atoms with van der Waals surface area (Å²) in [6, 6.07) is 1.53. The number of nitrogens with zero attached hydrogens (tertiary/aromatic N) is 2. The van der Waals surface area contributed by atoms with Crippen LogP contribution >= 0.6 is 22.9 Å². The molecule has 1 N–H and O–H groups in total. The van der Waals surface area contributed by atoms with E-state index < -0.39 is 0 Å². The third-order valence-electron chi connectivity index (χ3n) is 2.87. The van der Waals surface area contributed by atoms with Crippen LogP contribution in [0, 0.1) is 6.92 Å². The van der Waals surface area contributed by atoms with Gasteiger partial charge in [0.25, 0.3) is 5.91 Å². The number of pyridine rings is 1. The van der Waals surface area contributed by atoms with Crippen LogP contribution in [0.25, 0.3) is 0 Å². The van der Waals surface area contributed by atoms with Gasteiger partial charge >= 0.3 is 0 Å². The zero-order chi connectivity index (χ0) is 14.7. The Bertz CT molecular complexity index is 627. The highest BCUT2D eigenvalue weighted by atomic mass is 35.5. The van der Waals surface area contributed by atoms with Gasteiger partial charge in [0.2, 0.25) is 0 Å². The number of thiazole rings is 1. The highest BCUT2D eigenvalue weighted by molar-refractivity contribution is 7.11. The van der Waals surface area contributed by atoms with E-state index in [9.17, 15) is 4.79 Å². The minimum atomic E-state index is -0.233. The van der Waals surface area contributed by atoms with Crippen molar-refractivity contribution in [1.82, 2.24) is 15.3 Å². The molecule has 2 rings (SSSR count). The largest absolute Gasteiger partial charge is 0.343 e. The van der Waals surface area contributed by atoms with E-state index in [2.05, 4.69) is 22.2 Å². The predicted octanol–water partition coefficient (Wildman–Crippen LogP) is 3.55. The number of aromatic nitrogens is 2. The Morgan fingerprint density at radius 2 is 2.20 bits per heavy atom. The minimum Gasteiger partial charge on any atom is -0.343 e. The monoisotopic (exact) mass is 309 g/mol. The summed E-state index contributed by atoms with van der Waals surface area (Å²) in [5, 5.41) is 4.20. The van der Waals surface area contributed by atoms with Gasteiger partial charge < -0.3 is 5.32 Å². The lowest BCUT2D eigenvalue weighted by Crippen LogP contribution is -2.27. The van der Waals surface area contributed by atoms with Gasteiger partial charge in [0.05, 0.1) is 16.6 Å². The van der Waals surface area contributed by atoms with E-state index in [-0.39, 0.29) is 11.9 Å². The predicted molar refractivity (Wildman–Crippen MR) is 81.4 cm³/mol. The van der Waals surface area contributed by atoms with Crippen LogP contribution in [-0.4, -0.2) is 15.9 Å². The zero-order valence-electron chi connectivity index (χ0n) is 11.6. The van der Waals surface area contributed by atoms with Crippen LogP contribution in [0.15, 0.2) is 18.5 Å². The first-order valence-electron chi connectivity index (χ1n) is 6.39. The quantitative estimate of drug-likeness (QED) is 0.939. The van der Waals surface area contributed by atoms with Gasteiger partial charge in [0.15, 0.2) is 0 Å². The molecule has 1 unspecified atom stereocenters. The summed E-state index contributed by atoms with van der Waals surface area (Å²) in [4.78, 5) is 21.8. The first-order chi connectivity index (χ1) is 9.51. The molecule has 106 valence electrons.